The molecule has 0 aliphatic rings. The highest BCUT2D eigenvalue weighted by molar-refractivity contribution is 7.95. The van der Waals surface area contributed by atoms with Gasteiger partial charge in [-0.1, -0.05) is 71.9 Å². The number of hydrogen-bond acceptors (Lipinski definition) is 2. The number of para-hydroxylation sites is 1. The highest BCUT2D eigenvalue weighted by atomic mass is 31.2. The Kier molecular flexibility index (Phi) is 4.71. The third-order valence-corrected chi connectivity index (χ3v) is 9.74. The molecule has 0 saturated heterocycles. The summed E-state index contributed by atoms with van der Waals surface area (Å²) in [7, 11) is -1.97. The number of benzene rings is 4. The van der Waals surface area contributed by atoms with Gasteiger partial charge in [0.2, 0.25) is 0 Å². The molecule has 0 aliphatic heterocycles. The second-order valence-corrected chi connectivity index (χ2v) is 10.6. The minimum Gasteiger partial charge on any atom is -0.356 e. The van der Waals surface area contributed by atoms with E-state index >= 15 is 0 Å². The number of aromatic nitrogens is 1. The molecule has 29 heavy (non-hydrogen) atoms. The molecule has 0 amide bonds. The van der Waals surface area contributed by atoms with E-state index in [9.17, 15) is 0 Å². The summed E-state index contributed by atoms with van der Waals surface area (Å²) in [6.07, 6.45) is 0.821. The van der Waals surface area contributed by atoms with Crippen molar-refractivity contribution in [1.82, 2.24) is 5.16 Å². The molecule has 0 bridgehead atoms. The molecule has 5 rings (SSSR count). The lowest BCUT2D eigenvalue weighted by molar-refractivity contribution is 0.449. The molecule has 0 fully saturated rings. The quantitative estimate of drug-likeness (QED) is 0.377. The van der Waals surface area contributed by atoms with E-state index in [0.29, 0.717) is 0 Å². The van der Waals surface area contributed by atoms with E-state index in [4.69, 9.17) is 4.52 Å². The van der Waals surface area contributed by atoms with Crippen molar-refractivity contribution < 1.29 is 4.52 Å². The summed E-state index contributed by atoms with van der Waals surface area (Å²) in [4.78, 5) is 0. The van der Waals surface area contributed by atoms with E-state index < -0.39 is 7.26 Å². The van der Waals surface area contributed by atoms with Crippen LogP contribution in [0.2, 0.25) is 0 Å². The molecule has 2 nitrogen and oxygen atoms in total. The Morgan fingerprint density at radius 3 is 1.52 bits per heavy atom. The van der Waals surface area contributed by atoms with Crippen LogP contribution in [0.3, 0.4) is 0 Å². The minimum absolute atomic E-state index is 0.821. The SMILES string of the molecule is c1ccc([P+](Cc2noc3ccccc23)(c2ccccc2)c2ccccc2)cc1. The second kappa shape index (κ2) is 7.66. The number of nitrogens with zero attached hydrogens (tertiary/aromatic N) is 1. The largest absolute Gasteiger partial charge is 0.356 e. The van der Waals surface area contributed by atoms with Gasteiger partial charge in [-0.05, 0) is 48.5 Å². The van der Waals surface area contributed by atoms with E-state index in [2.05, 4.69) is 108 Å². The summed E-state index contributed by atoms with van der Waals surface area (Å²) in [6.45, 7) is 0. The Balaban J connectivity index is 1.80. The van der Waals surface area contributed by atoms with Gasteiger partial charge in [0.15, 0.2) is 5.58 Å². The van der Waals surface area contributed by atoms with Crippen LogP contribution in [0.25, 0.3) is 11.0 Å². The zero-order valence-electron chi connectivity index (χ0n) is 16.0. The first-order valence-electron chi connectivity index (χ1n) is 9.76. The van der Waals surface area contributed by atoms with Gasteiger partial charge in [0.25, 0.3) is 0 Å². The van der Waals surface area contributed by atoms with Crippen LogP contribution in [0, 0.1) is 0 Å². The summed E-state index contributed by atoms with van der Waals surface area (Å²) < 4.78 is 5.67. The van der Waals surface area contributed by atoms with Crippen LogP contribution in [-0.2, 0) is 6.16 Å². The molecule has 5 aromatic rings. The van der Waals surface area contributed by atoms with Crippen molar-refractivity contribution >= 4 is 34.1 Å². The zero-order chi connectivity index (χ0) is 19.5. The molecule has 0 aliphatic carbocycles. The molecule has 1 heterocycles. The maximum Gasteiger partial charge on any atom is 0.167 e. The standard InChI is InChI=1S/C26H21NOP/c1-4-12-21(13-5-1)29(22-14-6-2-7-15-22,23-16-8-3-9-17-23)20-25-24-18-10-11-19-26(24)28-27-25/h1-19H,20H2/q+1. The molecule has 140 valence electrons. The van der Waals surface area contributed by atoms with E-state index in [1.165, 1.54) is 15.9 Å². The number of rotatable bonds is 5. The molecule has 0 N–H and O–H groups in total. The van der Waals surface area contributed by atoms with Gasteiger partial charge in [-0.3, -0.25) is 0 Å². The molecule has 3 heteroatoms. The lowest BCUT2D eigenvalue weighted by Gasteiger charge is -2.27. The van der Waals surface area contributed by atoms with Crippen molar-refractivity contribution in [3.63, 3.8) is 0 Å². The van der Waals surface area contributed by atoms with Crippen LogP contribution in [0.1, 0.15) is 5.69 Å². The molecular weight excluding hydrogens is 373 g/mol. The average molecular weight is 394 g/mol. The normalized spacial score (nSPS) is 11.6. The highest BCUT2D eigenvalue weighted by Gasteiger charge is 2.46. The first-order chi connectivity index (χ1) is 14.4. The second-order valence-electron chi connectivity index (χ2n) is 7.10. The smallest absolute Gasteiger partial charge is 0.167 e. The van der Waals surface area contributed by atoms with Crippen LogP contribution in [0.5, 0.6) is 0 Å². The molecule has 1 aromatic heterocycles. The van der Waals surface area contributed by atoms with Gasteiger partial charge in [0.1, 0.15) is 35.0 Å². The van der Waals surface area contributed by atoms with Crippen molar-refractivity contribution in [3.8, 4) is 0 Å². The highest BCUT2D eigenvalue weighted by Crippen LogP contribution is 2.58. The third kappa shape index (κ3) is 3.16. The van der Waals surface area contributed by atoms with Gasteiger partial charge in [0, 0.05) is 5.39 Å². The summed E-state index contributed by atoms with van der Waals surface area (Å²) >= 11 is 0. The Bertz CT molecular complexity index is 1120. The molecular formula is C26H21NOP+. The predicted molar refractivity (Wildman–Crippen MR) is 123 cm³/mol. The van der Waals surface area contributed by atoms with Crippen molar-refractivity contribution in [2.75, 3.05) is 0 Å². The molecule has 4 aromatic carbocycles. The monoisotopic (exact) mass is 394 g/mol. The van der Waals surface area contributed by atoms with Gasteiger partial charge >= 0.3 is 0 Å². The Morgan fingerprint density at radius 1 is 0.552 bits per heavy atom. The fraction of sp³-hybridized carbons (Fsp3) is 0.0385. The lowest BCUT2D eigenvalue weighted by Crippen LogP contribution is -2.32. The van der Waals surface area contributed by atoms with Gasteiger partial charge in [-0.25, -0.2) is 0 Å². The molecule has 0 radical (unpaired) electrons. The van der Waals surface area contributed by atoms with E-state index in [0.717, 1.165) is 22.8 Å². The number of fused-ring (bicyclic) bond motifs is 1. The van der Waals surface area contributed by atoms with Gasteiger partial charge in [0.05, 0.1) is 0 Å². The first-order valence-corrected chi connectivity index (χ1v) is 11.7. The average Bonchev–Trinajstić information content (AvgIpc) is 3.22. The maximum absolute atomic E-state index is 5.67. The lowest BCUT2D eigenvalue weighted by atomic mass is 10.2. The van der Waals surface area contributed by atoms with Gasteiger partial charge in [-0.15, -0.1) is 0 Å². The topological polar surface area (TPSA) is 26.0 Å². The fourth-order valence-electron chi connectivity index (χ4n) is 4.05. The van der Waals surface area contributed by atoms with Crippen LogP contribution in [0.4, 0.5) is 0 Å². The first kappa shape index (κ1) is 17.8. The zero-order valence-corrected chi connectivity index (χ0v) is 16.9. The van der Waals surface area contributed by atoms with Gasteiger partial charge in [-0.2, -0.15) is 0 Å². The Labute approximate surface area is 171 Å². The van der Waals surface area contributed by atoms with Crippen molar-refractivity contribution in [1.29, 1.82) is 0 Å². The summed E-state index contributed by atoms with van der Waals surface area (Å²) in [5.41, 5.74) is 1.86. The maximum atomic E-state index is 5.67. The fourth-order valence-corrected chi connectivity index (χ4v) is 8.21. The van der Waals surface area contributed by atoms with E-state index in [-0.39, 0.29) is 0 Å². The van der Waals surface area contributed by atoms with Crippen LogP contribution < -0.4 is 15.9 Å². The van der Waals surface area contributed by atoms with Crippen molar-refractivity contribution in [2.24, 2.45) is 0 Å². The van der Waals surface area contributed by atoms with Crippen LogP contribution >= 0.6 is 7.26 Å². The summed E-state index contributed by atoms with van der Waals surface area (Å²) in [5, 5.41) is 9.66. The Hall–Kier alpha value is -3.22. The van der Waals surface area contributed by atoms with Crippen molar-refractivity contribution in [2.45, 2.75) is 6.16 Å². The van der Waals surface area contributed by atoms with Crippen LogP contribution in [-0.4, -0.2) is 5.16 Å². The molecule has 0 unspecified atom stereocenters. The molecule has 0 saturated carbocycles. The molecule has 0 spiro atoms. The van der Waals surface area contributed by atoms with Crippen molar-refractivity contribution in [3.05, 3.63) is 121 Å². The van der Waals surface area contributed by atoms with E-state index in [1.807, 2.05) is 12.1 Å². The summed E-state index contributed by atoms with van der Waals surface area (Å²) in [6, 6.07) is 40.8. The summed E-state index contributed by atoms with van der Waals surface area (Å²) in [5.74, 6) is 0. The predicted octanol–water partition coefficient (Wildman–Crippen LogP) is 5.32. The van der Waals surface area contributed by atoms with Gasteiger partial charge < -0.3 is 4.52 Å². The number of hydrogen-bond donors (Lipinski definition) is 0. The minimum atomic E-state index is -1.97. The van der Waals surface area contributed by atoms with Crippen LogP contribution in [0.15, 0.2) is 120 Å². The third-order valence-electron chi connectivity index (χ3n) is 5.43. The molecule has 0 atom stereocenters. The van der Waals surface area contributed by atoms with E-state index in [1.54, 1.807) is 0 Å². The Morgan fingerprint density at radius 2 is 1.00 bits per heavy atom.